The van der Waals surface area contributed by atoms with E-state index in [1.54, 1.807) is 18.2 Å². The molecule has 0 radical (unpaired) electrons. The van der Waals surface area contributed by atoms with E-state index in [0.29, 0.717) is 30.7 Å². The van der Waals surface area contributed by atoms with E-state index < -0.39 is 4.92 Å². The van der Waals surface area contributed by atoms with E-state index in [9.17, 15) is 14.9 Å². The highest BCUT2D eigenvalue weighted by Gasteiger charge is 2.30. The van der Waals surface area contributed by atoms with Gasteiger partial charge in [0.25, 0.3) is 5.69 Å². The summed E-state index contributed by atoms with van der Waals surface area (Å²) in [5.41, 5.74) is 0.498. The van der Waals surface area contributed by atoms with E-state index >= 15 is 0 Å². The Morgan fingerprint density at radius 2 is 2.09 bits per heavy atom. The molecule has 2 bridgehead atoms. The number of anilines is 1. The van der Waals surface area contributed by atoms with Crippen LogP contribution in [0.2, 0.25) is 0 Å². The second-order valence-electron chi connectivity index (χ2n) is 6.22. The van der Waals surface area contributed by atoms with Gasteiger partial charge >= 0.3 is 0 Å². The number of fused-ring (bicyclic) bond motifs is 2. The van der Waals surface area contributed by atoms with Crippen molar-refractivity contribution in [3.8, 4) is 0 Å². The molecule has 1 aromatic rings. The van der Waals surface area contributed by atoms with E-state index in [0.717, 1.165) is 25.9 Å². The number of nitrogens with zero attached hydrogens (tertiary/aromatic N) is 2. The van der Waals surface area contributed by atoms with Crippen LogP contribution in [0.15, 0.2) is 24.3 Å². The number of hydrogen-bond donors (Lipinski definition) is 2. The smallest absolute Gasteiger partial charge is 0.292 e. The number of benzene rings is 1. The van der Waals surface area contributed by atoms with Gasteiger partial charge in [-0.25, -0.2) is 0 Å². The Bertz CT molecular complexity index is 592. The number of nitro groups is 1. The highest BCUT2D eigenvalue weighted by atomic mass is 16.6. The molecule has 2 fully saturated rings. The normalized spacial score (nSPS) is 23.4. The summed E-state index contributed by atoms with van der Waals surface area (Å²) in [5, 5.41) is 17.5. The first kappa shape index (κ1) is 15.7. The zero-order valence-corrected chi connectivity index (χ0v) is 13.0. The van der Waals surface area contributed by atoms with E-state index in [4.69, 9.17) is 0 Å². The zero-order chi connectivity index (χ0) is 16.2. The molecule has 2 atom stereocenters. The highest BCUT2D eigenvalue weighted by molar-refractivity contribution is 5.77. The fraction of sp³-hybridized carbons (Fsp3) is 0.562. The highest BCUT2D eigenvalue weighted by Crippen LogP contribution is 2.23. The van der Waals surface area contributed by atoms with Gasteiger partial charge in [0, 0.05) is 44.2 Å². The third kappa shape index (κ3) is 3.79. The van der Waals surface area contributed by atoms with Crippen LogP contribution in [0, 0.1) is 10.1 Å². The fourth-order valence-electron chi connectivity index (χ4n) is 3.41. The van der Waals surface area contributed by atoms with E-state index in [2.05, 4.69) is 10.6 Å². The number of nitro benzene ring substituents is 1. The average Bonchev–Trinajstić information content (AvgIpc) is 2.86. The van der Waals surface area contributed by atoms with Gasteiger partial charge in [-0.05, 0) is 25.3 Å². The predicted octanol–water partition coefficient (Wildman–Crippen LogP) is 1.75. The summed E-state index contributed by atoms with van der Waals surface area (Å²) in [6.07, 6.45) is 3.72. The molecule has 7 nitrogen and oxygen atoms in total. The summed E-state index contributed by atoms with van der Waals surface area (Å²) < 4.78 is 0. The van der Waals surface area contributed by atoms with Gasteiger partial charge in [-0.2, -0.15) is 0 Å². The summed E-state index contributed by atoms with van der Waals surface area (Å²) in [7, 11) is 0. The number of carbonyl (C=O) groups excluding carboxylic acids is 1. The van der Waals surface area contributed by atoms with Crippen molar-refractivity contribution in [3.63, 3.8) is 0 Å². The van der Waals surface area contributed by atoms with Crippen LogP contribution in [0.25, 0.3) is 0 Å². The molecule has 1 aromatic carbocycles. The summed E-state index contributed by atoms with van der Waals surface area (Å²) in [6.45, 7) is 1.99. The van der Waals surface area contributed by atoms with Gasteiger partial charge in [-0.1, -0.05) is 12.1 Å². The Balaban J connectivity index is 1.51. The molecule has 3 rings (SSSR count). The minimum absolute atomic E-state index is 0.0382. The number of amides is 1. The van der Waals surface area contributed by atoms with Crippen molar-refractivity contribution in [3.05, 3.63) is 34.4 Å². The molecule has 23 heavy (non-hydrogen) atoms. The van der Waals surface area contributed by atoms with Gasteiger partial charge in [-0.15, -0.1) is 0 Å². The first-order chi connectivity index (χ1) is 11.1. The summed E-state index contributed by atoms with van der Waals surface area (Å²) in [4.78, 5) is 24.8. The van der Waals surface area contributed by atoms with Crippen molar-refractivity contribution in [2.75, 3.05) is 25.0 Å². The van der Waals surface area contributed by atoms with Crippen LogP contribution >= 0.6 is 0 Å². The van der Waals surface area contributed by atoms with E-state index in [1.807, 2.05) is 4.90 Å². The van der Waals surface area contributed by atoms with E-state index in [-0.39, 0.29) is 11.6 Å². The third-order valence-electron chi connectivity index (χ3n) is 4.63. The Kier molecular flexibility index (Phi) is 4.76. The molecule has 7 heteroatoms. The Labute approximate surface area is 135 Å². The molecule has 1 amide bonds. The van der Waals surface area contributed by atoms with Crippen molar-refractivity contribution in [1.82, 2.24) is 10.2 Å². The number of likely N-dealkylation sites (tertiary alicyclic amines) is 1. The quantitative estimate of drug-likeness (QED) is 0.638. The molecule has 2 unspecified atom stereocenters. The Morgan fingerprint density at radius 1 is 1.30 bits per heavy atom. The number of rotatable bonds is 5. The maximum Gasteiger partial charge on any atom is 0.292 e. The lowest BCUT2D eigenvalue weighted by atomic mass is 10.1. The van der Waals surface area contributed by atoms with Gasteiger partial charge in [-0.3, -0.25) is 14.9 Å². The fourth-order valence-corrected chi connectivity index (χ4v) is 3.41. The Morgan fingerprint density at radius 3 is 2.91 bits per heavy atom. The van der Waals surface area contributed by atoms with Crippen molar-refractivity contribution in [2.24, 2.45) is 0 Å². The van der Waals surface area contributed by atoms with E-state index in [1.165, 1.54) is 12.5 Å². The van der Waals surface area contributed by atoms with Crippen molar-refractivity contribution >= 4 is 17.3 Å². The molecule has 0 aromatic heterocycles. The number of nitrogens with one attached hydrogen (secondary N) is 2. The van der Waals surface area contributed by atoms with Crippen LogP contribution in [0.4, 0.5) is 11.4 Å². The SMILES string of the molecule is O=C(CCNc1ccccc1[N+](=O)[O-])N1CCC2CCC(C1)N2. The van der Waals surface area contributed by atoms with Crippen LogP contribution in [0.3, 0.4) is 0 Å². The lowest BCUT2D eigenvalue weighted by Crippen LogP contribution is -2.39. The molecule has 2 saturated heterocycles. The van der Waals surface area contributed by atoms with Crippen LogP contribution in [-0.2, 0) is 4.79 Å². The number of para-hydroxylation sites is 2. The van der Waals surface area contributed by atoms with Crippen molar-refractivity contribution in [2.45, 2.75) is 37.8 Å². The molecule has 0 aliphatic carbocycles. The minimum atomic E-state index is -0.415. The van der Waals surface area contributed by atoms with Crippen LogP contribution in [0.1, 0.15) is 25.7 Å². The lowest BCUT2D eigenvalue weighted by Gasteiger charge is -2.24. The van der Waals surface area contributed by atoms with Gasteiger partial charge in [0.15, 0.2) is 0 Å². The molecule has 0 saturated carbocycles. The zero-order valence-electron chi connectivity index (χ0n) is 13.0. The minimum Gasteiger partial charge on any atom is -0.379 e. The summed E-state index contributed by atoms with van der Waals surface area (Å²) in [5.74, 6) is 0.116. The number of hydrogen-bond acceptors (Lipinski definition) is 5. The topological polar surface area (TPSA) is 87.5 Å². The van der Waals surface area contributed by atoms with Crippen LogP contribution in [0.5, 0.6) is 0 Å². The van der Waals surface area contributed by atoms with Crippen LogP contribution in [-0.4, -0.2) is 47.4 Å². The second-order valence-corrected chi connectivity index (χ2v) is 6.22. The molecule has 0 spiro atoms. The molecule has 2 N–H and O–H groups in total. The molecule has 2 aliphatic rings. The molecular weight excluding hydrogens is 296 g/mol. The maximum atomic E-state index is 12.4. The molecular formula is C16H22N4O3. The van der Waals surface area contributed by atoms with Gasteiger partial charge in [0.2, 0.25) is 5.91 Å². The summed E-state index contributed by atoms with van der Waals surface area (Å²) >= 11 is 0. The van der Waals surface area contributed by atoms with Crippen molar-refractivity contribution < 1.29 is 9.72 Å². The first-order valence-electron chi connectivity index (χ1n) is 8.14. The molecule has 2 aliphatic heterocycles. The third-order valence-corrected chi connectivity index (χ3v) is 4.63. The van der Waals surface area contributed by atoms with Crippen molar-refractivity contribution in [1.29, 1.82) is 0 Å². The maximum absolute atomic E-state index is 12.4. The number of carbonyl (C=O) groups is 1. The molecule has 2 heterocycles. The average molecular weight is 318 g/mol. The van der Waals surface area contributed by atoms with Gasteiger partial charge in [0.1, 0.15) is 5.69 Å². The van der Waals surface area contributed by atoms with Crippen LogP contribution < -0.4 is 10.6 Å². The van der Waals surface area contributed by atoms with Gasteiger partial charge in [0.05, 0.1) is 4.92 Å². The van der Waals surface area contributed by atoms with Gasteiger partial charge < -0.3 is 15.5 Å². The lowest BCUT2D eigenvalue weighted by molar-refractivity contribution is -0.384. The second kappa shape index (κ2) is 6.95. The standard InChI is InChI=1S/C16H22N4O3/c21-16(19-10-8-12-5-6-13(11-19)18-12)7-9-17-14-3-1-2-4-15(14)20(22)23/h1-4,12-13,17-18H,5-11H2. The summed E-state index contributed by atoms with van der Waals surface area (Å²) in [6, 6.07) is 7.48. The molecule has 124 valence electrons. The largest absolute Gasteiger partial charge is 0.379 e. The monoisotopic (exact) mass is 318 g/mol. The first-order valence-corrected chi connectivity index (χ1v) is 8.14. The predicted molar refractivity (Wildman–Crippen MR) is 87.3 cm³/mol. The Hall–Kier alpha value is -2.15.